The Morgan fingerprint density at radius 3 is 2.90 bits per heavy atom. The van der Waals surface area contributed by atoms with Gasteiger partial charge in [-0.15, -0.1) is 0 Å². The predicted molar refractivity (Wildman–Crippen MR) is 41.0 cm³/mol. The zero-order valence-corrected chi connectivity index (χ0v) is 6.06. The normalized spacial score (nSPS) is 20.2. The van der Waals surface area contributed by atoms with Gasteiger partial charge in [-0.1, -0.05) is 0 Å². The molecule has 1 aliphatic heterocycles. The van der Waals surface area contributed by atoms with Crippen LogP contribution in [0.25, 0.3) is 0 Å². The summed E-state index contributed by atoms with van der Waals surface area (Å²) in [6.07, 6.45) is 1.08. The molecule has 1 heterocycles. The Balaban J connectivity index is 2.35. The summed E-state index contributed by atoms with van der Waals surface area (Å²) >= 11 is 0. The summed E-state index contributed by atoms with van der Waals surface area (Å²) in [4.78, 5) is 1.89. The topological polar surface area (TPSA) is 65.1 Å². The summed E-state index contributed by atoms with van der Waals surface area (Å²) in [6.45, 7) is 3.78. The second kappa shape index (κ2) is 3.41. The van der Waals surface area contributed by atoms with E-state index in [9.17, 15) is 0 Å². The Morgan fingerprint density at radius 2 is 2.20 bits per heavy atom. The van der Waals surface area contributed by atoms with Gasteiger partial charge in [0, 0.05) is 19.6 Å². The van der Waals surface area contributed by atoms with E-state index in [1.807, 2.05) is 4.90 Å². The van der Waals surface area contributed by atoms with Crippen LogP contribution in [0, 0.1) is 5.41 Å². The summed E-state index contributed by atoms with van der Waals surface area (Å²) < 4.78 is 0. The van der Waals surface area contributed by atoms with Crippen molar-refractivity contribution in [3.8, 4) is 0 Å². The van der Waals surface area contributed by atoms with Gasteiger partial charge in [0.2, 0.25) is 0 Å². The summed E-state index contributed by atoms with van der Waals surface area (Å²) in [5.74, 6) is 0.198. The van der Waals surface area contributed by atoms with Crippen LogP contribution in [0.4, 0.5) is 0 Å². The molecule has 58 valence electrons. The highest BCUT2D eigenvalue weighted by molar-refractivity contribution is 5.74. The zero-order chi connectivity index (χ0) is 7.40. The minimum atomic E-state index is 0.198. The van der Waals surface area contributed by atoms with E-state index in [0.29, 0.717) is 0 Å². The van der Waals surface area contributed by atoms with Crippen molar-refractivity contribution in [1.29, 1.82) is 5.41 Å². The Hall–Kier alpha value is -0.770. The summed E-state index contributed by atoms with van der Waals surface area (Å²) in [7, 11) is 0. The molecule has 4 heteroatoms. The Kier molecular flexibility index (Phi) is 2.50. The molecule has 0 amide bonds. The highest BCUT2D eigenvalue weighted by atomic mass is 15.2. The predicted octanol–water partition coefficient (Wildman–Crippen LogP) is -0.825. The van der Waals surface area contributed by atoms with Crippen LogP contribution in [0.15, 0.2) is 0 Å². The highest BCUT2D eigenvalue weighted by Crippen LogP contribution is 1.92. The molecule has 1 saturated heterocycles. The monoisotopic (exact) mass is 142 g/mol. The Bertz CT molecular complexity index is 115. The van der Waals surface area contributed by atoms with Crippen molar-refractivity contribution >= 4 is 5.96 Å². The first kappa shape index (κ1) is 7.34. The highest BCUT2D eigenvalue weighted by Gasteiger charge is 2.07. The molecule has 0 aromatic heterocycles. The van der Waals surface area contributed by atoms with Crippen LogP contribution in [0.1, 0.15) is 6.42 Å². The van der Waals surface area contributed by atoms with E-state index in [2.05, 4.69) is 5.32 Å². The molecule has 0 aromatic rings. The average Bonchev–Trinajstić information content (AvgIpc) is 2.12. The van der Waals surface area contributed by atoms with Gasteiger partial charge in [-0.05, 0) is 13.0 Å². The maximum Gasteiger partial charge on any atom is 0.188 e. The van der Waals surface area contributed by atoms with E-state index in [0.717, 1.165) is 32.6 Å². The molecule has 0 saturated carbocycles. The SMILES string of the molecule is N=C(N)N1CCCNCC1. The third-order valence-corrected chi connectivity index (χ3v) is 1.68. The van der Waals surface area contributed by atoms with Crippen LogP contribution >= 0.6 is 0 Å². The van der Waals surface area contributed by atoms with Gasteiger partial charge < -0.3 is 16.0 Å². The molecular formula is C6H14N4. The maximum atomic E-state index is 7.16. The fraction of sp³-hybridized carbons (Fsp3) is 0.833. The number of hydrogen-bond donors (Lipinski definition) is 3. The van der Waals surface area contributed by atoms with Crippen molar-refractivity contribution < 1.29 is 0 Å². The number of guanidine groups is 1. The van der Waals surface area contributed by atoms with Gasteiger partial charge in [0.25, 0.3) is 0 Å². The quantitative estimate of drug-likeness (QED) is 0.306. The van der Waals surface area contributed by atoms with Crippen molar-refractivity contribution in [3.05, 3.63) is 0 Å². The molecule has 0 aliphatic carbocycles. The van der Waals surface area contributed by atoms with Crippen LogP contribution < -0.4 is 11.1 Å². The Morgan fingerprint density at radius 1 is 1.40 bits per heavy atom. The smallest absolute Gasteiger partial charge is 0.188 e. The van der Waals surface area contributed by atoms with Gasteiger partial charge in [-0.25, -0.2) is 0 Å². The second-order valence-corrected chi connectivity index (χ2v) is 2.48. The first-order valence-corrected chi connectivity index (χ1v) is 3.60. The van der Waals surface area contributed by atoms with Crippen LogP contribution in [0.3, 0.4) is 0 Å². The lowest BCUT2D eigenvalue weighted by atomic mass is 10.4. The van der Waals surface area contributed by atoms with Crippen molar-refractivity contribution in [2.75, 3.05) is 26.2 Å². The van der Waals surface area contributed by atoms with Crippen LogP contribution in [-0.2, 0) is 0 Å². The lowest BCUT2D eigenvalue weighted by Gasteiger charge is -2.18. The number of nitrogens with two attached hydrogens (primary N) is 1. The molecule has 0 spiro atoms. The molecule has 0 radical (unpaired) electrons. The lowest BCUT2D eigenvalue weighted by molar-refractivity contribution is 0.439. The molecule has 0 atom stereocenters. The standard InChI is InChI=1S/C6H14N4/c7-6(8)10-4-1-2-9-3-5-10/h9H,1-5H2,(H3,7,8). The van der Waals surface area contributed by atoms with Crippen molar-refractivity contribution in [1.82, 2.24) is 10.2 Å². The zero-order valence-electron chi connectivity index (χ0n) is 6.06. The van der Waals surface area contributed by atoms with Crippen molar-refractivity contribution in [2.24, 2.45) is 5.73 Å². The first-order valence-electron chi connectivity index (χ1n) is 3.60. The molecular weight excluding hydrogens is 128 g/mol. The van der Waals surface area contributed by atoms with Gasteiger partial charge in [-0.2, -0.15) is 0 Å². The molecule has 4 nitrogen and oxygen atoms in total. The molecule has 1 aliphatic rings. The number of rotatable bonds is 0. The maximum absolute atomic E-state index is 7.16. The van der Waals surface area contributed by atoms with Crippen LogP contribution in [0.5, 0.6) is 0 Å². The molecule has 10 heavy (non-hydrogen) atoms. The van der Waals surface area contributed by atoms with E-state index in [-0.39, 0.29) is 5.96 Å². The fourth-order valence-electron chi connectivity index (χ4n) is 1.09. The van der Waals surface area contributed by atoms with Crippen molar-refractivity contribution in [2.45, 2.75) is 6.42 Å². The van der Waals surface area contributed by atoms with Crippen LogP contribution in [0.2, 0.25) is 0 Å². The summed E-state index contributed by atoms with van der Waals surface area (Å²) in [5.41, 5.74) is 5.32. The molecule has 0 aromatic carbocycles. The fourth-order valence-corrected chi connectivity index (χ4v) is 1.09. The average molecular weight is 142 g/mol. The second-order valence-electron chi connectivity index (χ2n) is 2.48. The number of hydrogen-bond acceptors (Lipinski definition) is 2. The van der Waals surface area contributed by atoms with Crippen molar-refractivity contribution in [3.63, 3.8) is 0 Å². The molecule has 0 bridgehead atoms. The van der Waals surface area contributed by atoms with Gasteiger partial charge >= 0.3 is 0 Å². The minimum absolute atomic E-state index is 0.198. The number of nitrogens with zero attached hydrogens (tertiary/aromatic N) is 1. The Labute approximate surface area is 60.9 Å². The van der Waals surface area contributed by atoms with E-state index >= 15 is 0 Å². The first-order chi connectivity index (χ1) is 4.80. The minimum Gasteiger partial charge on any atom is -0.370 e. The largest absolute Gasteiger partial charge is 0.370 e. The third kappa shape index (κ3) is 1.88. The van der Waals surface area contributed by atoms with Gasteiger partial charge in [-0.3, -0.25) is 5.41 Å². The van der Waals surface area contributed by atoms with E-state index < -0.39 is 0 Å². The van der Waals surface area contributed by atoms with E-state index in [1.54, 1.807) is 0 Å². The van der Waals surface area contributed by atoms with E-state index in [1.165, 1.54) is 0 Å². The summed E-state index contributed by atoms with van der Waals surface area (Å²) in [6, 6.07) is 0. The lowest BCUT2D eigenvalue weighted by Crippen LogP contribution is -2.38. The molecule has 4 N–H and O–H groups in total. The number of nitrogens with one attached hydrogen (secondary N) is 2. The van der Waals surface area contributed by atoms with E-state index in [4.69, 9.17) is 11.1 Å². The molecule has 0 unspecified atom stereocenters. The molecule has 1 fully saturated rings. The summed E-state index contributed by atoms with van der Waals surface area (Å²) in [5, 5.41) is 10.4. The van der Waals surface area contributed by atoms with Gasteiger partial charge in [0.05, 0.1) is 0 Å². The third-order valence-electron chi connectivity index (χ3n) is 1.68. The van der Waals surface area contributed by atoms with Gasteiger partial charge in [0.1, 0.15) is 0 Å². The van der Waals surface area contributed by atoms with Gasteiger partial charge in [0.15, 0.2) is 5.96 Å². The van der Waals surface area contributed by atoms with Crippen LogP contribution in [-0.4, -0.2) is 37.0 Å². The molecule has 1 rings (SSSR count).